The summed E-state index contributed by atoms with van der Waals surface area (Å²) in [7, 11) is 0. The predicted octanol–water partition coefficient (Wildman–Crippen LogP) is 3.67. The first-order valence-corrected chi connectivity index (χ1v) is 8.57. The summed E-state index contributed by atoms with van der Waals surface area (Å²) in [6, 6.07) is 13.1. The number of anilines is 2. The molecule has 6 nitrogen and oxygen atoms in total. The van der Waals surface area contributed by atoms with Crippen LogP contribution in [0, 0.1) is 13.8 Å². The number of amides is 2. The molecular weight excluding hydrogens is 332 g/mol. The highest BCUT2D eigenvalue weighted by atomic mass is 16.6. The lowest BCUT2D eigenvalue weighted by Gasteiger charge is -2.14. The molecule has 0 spiro atoms. The monoisotopic (exact) mass is 354 g/mol. The molecule has 1 saturated heterocycles. The van der Waals surface area contributed by atoms with Crippen LogP contribution in [0.1, 0.15) is 17.5 Å². The lowest BCUT2D eigenvalue weighted by Crippen LogP contribution is -2.23. The first-order valence-electron chi connectivity index (χ1n) is 8.57. The van der Waals surface area contributed by atoms with E-state index in [0.29, 0.717) is 31.1 Å². The number of rotatable bonds is 6. The van der Waals surface area contributed by atoms with Gasteiger partial charge in [-0.2, -0.15) is 0 Å². The Labute approximate surface area is 152 Å². The van der Waals surface area contributed by atoms with Crippen LogP contribution >= 0.6 is 0 Å². The van der Waals surface area contributed by atoms with E-state index >= 15 is 0 Å². The molecule has 1 aliphatic rings. The fourth-order valence-electron chi connectivity index (χ4n) is 2.72. The van der Waals surface area contributed by atoms with Gasteiger partial charge < -0.3 is 14.8 Å². The molecule has 1 aliphatic heterocycles. The molecule has 26 heavy (non-hydrogen) atoms. The van der Waals surface area contributed by atoms with Crippen LogP contribution in [0.5, 0.6) is 5.75 Å². The molecule has 0 aromatic heterocycles. The van der Waals surface area contributed by atoms with Crippen molar-refractivity contribution < 1.29 is 19.1 Å². The summed E-state index contributed by atoms with van der Waals surface area (Å²) in [5.74, 6) is 0.656. The normalized spacial score (nSPS) is 13.5. The molecule has 0 unspecified atom stereocenters. The maximum Gasteiger partial charge on any atom is 0.414 e. The van der Waals surface area contributed by atoms with Crippen LogP contribution in [0.2, 0.25) is 0 Å². The third kappa shape index (κ3) is 4.33. The molecule has 0 bridgehead atoms. The van der Waals surface area contributed by atoms with Crippen molar-refractivity contribution in [2.45, 2.75) is 20.3 Å². The van der Waals surface area contributed by atoms with E-state index in [2.05, 4.69) is 5.32 Å². The van der Waals surface area contributed by atoms with Gasteiger partial charge in [0.1, 0.15) is 12.4 Å². The largest absolute Gasteiger partial charge is 0.493 e. The molecule has 1 N–H and O–H groups in total. The van der Waals surface area contributed by atoms with Crippen LogP contribution in [-0.4, -0.2) is 31.8 Å². The number of carbonyl (C=O) groups excluding carboxylic acids is 2. The van der Waals surface area contributed by atoms with Gasteiger partial charge in [-0.05, 0) is 49.2 Å². The number of hydrogen-bond acceptors (Lipinski definition) is 4. The Hall–Kier alpha value is -3.02. The quantitative estimate of drug-likeness (QED) is 0.859. The summed E-state index contributed by atoms with van der Waals surface area (Å²) in [6.07, 6.45) is -0.126. The summed E-state index contributed by atoms with van der Waals surface area (Å²) in [4.78, 5) is 25.3. The number of nitrogens with one attached hydrogen (secondary N) is 1. The van der Waals surface area contributed by atoms with Crippen LogP contribution in [0.4, 0.5) is 16.2 Å². The van der Waals surface area contributed by atoms with Crippen molar-refractivity contribution in [3.63, 3.8) is 0 Å². The molecule has 0 saturated carbocycles. The van der Waals surface area contributed by atoms with Gasteiger partial charge in [0, 0.05) is 11.4 Å². The number of carbonyl (C=O) groups is 2. The van der Waals surface area contributed by atoms with Crippen molar-refractivity contribution in [3.8, 4) is 5.75 Å². The standard InChI is InChI=1S/C20H22N2O4/c1-14-6-7-15(2)18(12-14)25-10-8-19(23)21-16-4-3-5-17(13-16)22-9-11-26-20(22)24/h3-7,12-13H,8-11H2,1-2H3,(H,21,23). The van der Waals surface area contributed by atoms with Crippen LogP contribution in [-0.2, 0) is 9.53 Å². The lowest BCUT2D eigenvalue weighted by atomic mass is 10.1. The predicted molar refractivity (Wildman–Crippen MR) is 99.8 cm³/mol. The van der Waals surface area contributed by atoms with Gasteiger partial charge in [-0.25, -0.2) is 4.79 Å². The minimum Gasteiger partial charge on any atom is -0.493 e. The van der Waals surface area contributed by atoms with Gasteiger partial charge in [0.15, 0.2) is 0 Å². The van der Waals surface area contributed by atoms with Crippen molar-refractivity contribution in [3.05, 3.63) is 53.6 Å². The molecule has 3 rings (SSSR count). The van der Waals surface area contributed by atoms with Crippen LogP contribution in [0.15, 0.2) is 42.5 Å². The lowest BCUT2D eigenvalue weighted by molar-refractivity contribution is -0.116. The molecule has 1 fully saturated rings. The van der Waals surface area contributed by atoms with Crippen molar-refractivity contribution in [1.82, 2.24) is 0 Å². The molecule has 0 atom stereocenters. The number of nitrogens with zero attached hydrogens (tertiary/aromatic N) is 1. The third-order valence-corrected chi connectivity index (χ3v) is 4.13. The Morgan fingerprint density at radius 1 is 1.23 bits per heavy atom. The second-order valence-electron chi connectivity index (χ2n) is 6.23. The molecule has 136 valence electrons. The highest BCUT2D eigenvalue weighted by Crippen LogP contribution is 2.23. The zero-order chi connectivity index (χ0) is 18.5. The minimum atomic E-state index is -0.365. The SMILES string of the molecule is Cc1ccc(C)c(OCCC(=O)Nc2cccc(N3CCOC3=O)c2)c1. The zero-order valence-corrected chi connectivity index (χ0v) is 15.0. The van der Waals surface area contributed by atoms with Crippen LogP contribution in [0.25, 0.3) is 0 Å². The molecule has 2 aromatic carbocycles. The summed E-state index contributed by atoms with van der Waals surface area (Å²) in [6.45, 7) is 5.17. The van der Waals surface area contributed by atoms with Gasteiger partial charge in [0.05, 0.1) is 19.6 Å². The van der Waals surface area contributed by atoms with E-state index in [1.807, 2.05) is 38.1 Å². The van der Waals surface area contributed by atoms with Crippen molar-refractivity contribution in [2.24, 2.45) is 0 Å². The summed E-state index contributed by atoms with van der Waals surface area (Å²) < 4.78 is 10.7. The second-order valence-corrected chi connectivity index (χ2v) is 6.23. The first kappa shape index (κ1) is 17.8. The van der Waals surface area contributed by atoms with Gasteiger partial charge >= 0.3 is 6.09 Å². The minimum absolute atomic E-state index is 0.142. The van der Waals surface area contributed by atoms with Crippen molar-refractivity contribution in [1.29, 1.82) is 0 Å². The topological polar surface area (TPSA) is 67.9 Å². The van der Waals surface area contributed by atoms with E-state index in [1.165, 1.54) is 0 Å². The Morgan fingerprint density at radius 3 is 2.85 bits per heavy atom. The van der Waals surface area contributed by atoms with E-state index in [1.54, 1.807) is 23.1 Å². The second kappa shape index (κ2) is 7.91. The summed E-state index contributed by atoms with van der Waals surface area (Å²) in [5.41, 5.74) is 3.50. The maximum absolute atomic E-state index is 12.2. The van der Waals surface area contributed by atoms with E-state index in [9.17, 15) is 9.59 Å². The van der Waals surface area contributed by atoms with Crippen LogP contribution in [0.3, 0.4) is 0 Å². The Kier molecular flexibility index (Phi) is 5.41. The fourth-order valence-corrected chi connectivity index (χ4v) is 2.72. The van der Waals surface area contributed by atoms with Gasteiger partial charge in [0.2, 0.25) is 5.91 Å². The molecule has 2 amide bonds. The van der Waals surface area contributed by atoms with E-state index in [-0.39, 0.29) is 18.4 Å². The number of cyclic esters (lactones) is 1. The highest BCUT2D eigenvalue weighted by molar-refractivity contribution is 5.93. The van der Waals surface area contributed by atoms with E-state index in [0.717, 1.165) is 16.9 Å². The van der Waals surface area contributed by atoms with Gasteiger partial charge in [-0.15, -0.1) is 0 Å². The third-order valence-electron chi connectivity index (χ3n) is 4.13. The summed E-state index contributed by atoms with van der Waals surface area (Å²) >= 11 is 0. The highest BCUT2D eigenvalue weighted by Gasteiger charge is 2.23. The molecular formula is C20H22N2O4. The average Bonchev–Trinajstić information content (AvgIpc) is 3.04. The molecule has 6 heteroatoms. The Bertz CT molecular complexity index is 819. The van der Waals surface area contributed by atoms with Gasteiger partial charge in [0.25, 0.3) is 0 Å². The Balaban J connectivity index is 1.53. The fraction of sp³-hybridized carbons (Fsp3) is 0.300. The Morgan fingerprint density at radius 2 is 2.08 bits per heavy atom. The molecule has 1 heterocycles. The molecule has 0 radical (unpaired) electrons. The van der Waals surface area contributed by atoms with Crippen LogP contribution < -0.4 is 15.0 Å². The van der Waals surface area contributed by atoms with Gasteiger partial charge in [-0.3, -0.25) is 9.69 Å². The number of hydrogen-bond donors (Lipinski definition) is 1. The molecule has 2 aromatic rings. The zero-order valence-electron chi connectivity index (χ0n) is 15.0. The first-order chi connectivity index (χ1) is 12.5. The smallest absolute Gasteiger partial charge is 0.414 e. The maximum atomic E-state index is 12.2. The summed E-state index contributed by atoms with van der Waals surface area (Å²) in [5, 5.41) is 2.84. The molecule has 0 aliphatic carbocycles. The van der Waals surface area contributed by atoms with E-state index in [4.69, 9.17) is 9.47 Å². The number of aryl methyl sites for hydroxylation is 2. The number of benzene rings is 2. The van der Waals surface area contributed by atoms with Crippen molar-refractivity contribution in [2.75, 3.05) is 30.0 Å². The van der Waals surface area contributed by atoms with Crippen molar-refractivity contribution >= 4 is 23.4 Å². The van der Waals surface area contributed by atoms with Gasteiger partial charge in [-0.1, -0.05) is 18.2 Å². The van der Waals surface area contributed by atoms with E-state index < -0.39 is 0 Å². The number of ether oxygens (including phenoxy) is 2. The average molecular weight is 354 g/mol.